The minimum absolute atomic E-state index is 0.0742. The molecule has 164 valence electrons. The van der Waals surface area contributed by atoms with E-state index < -0.39 is 12.7 Å². The zero-order valence-electron chi connectivity index (χ0n) is 16.4. The Morgan fingerprint density at radius 1 is 1.23 bits per heavy atom. The lowest BCUT2D eigenvalue weighted by molar-refractivity contribution is -0.141. The molecule has 1 amide bonds. The zero-order valence-corrected chi connectivity index (χ0v) is 17.2. The van der Waals surface area contributed by atoms with Crippen molar-refractivity contribution in [2.24, 2.45) is 0 Å². The topological polar surface area (TPSA) is 73.1 Å². The molecule has 1 fully saturated rings. The Hall–Kier alpha value is -2.72. The van der Waals surface area contributed by atoms with Crippen LogP contribution in [0.15, 0.2) is 30.5 Å². The lowest BCUT2D eigenvalue weighted by Gasteiger charge is -2.19. The first kappa shape index (κ1) is 21.5. The molecule has 1 saturated heterocycles. The fourth-order valence-corrected chi connectivity index (χ4v) is 3.68. The molecule has 1 aliphatic rings. The van der Waals surface area contributed by atoms with Crippen molar-refractivity contribution in [1.29, 1.82) is 0 Å². The predicted molar refractivity (Wildman–Crippen MR) is 107 cm³/mol. The number of amides is 1. The first-order chi connectivity index (χ1) is 14.8. The second-order valence-electron chi connectivity index (χ2n) is 7.19. The monoisotopic (exact) mass is 453 g/mol. The summed E-state index contributed by atoms with van der Waals surface area (Å²) in [5, 5.41) is 4.87. The third-order valence-electron chi connectivity index (χ3n) is 4.89. The van der Waals surface area contributed by atoms with Crippen LogP contribution in [-0.4, -0.2) is 63.0 Å². The standard InChI is InChI=1S/C20H19ClF3N5O2/c21-18-4-1-3-13(26-18)9-15-14-11-25-16(19(30)28-5-2-7-31-8-6-28)10-17(14)29(27-15)12-20(22,23)24/h1,3-4,10-11H,2,5-9,12H2. The number of fused-ring (bicyclic) bond motifs is 1. The third kappa shape index (κ3) is 5.13. The molecule has 0 bridgehead atoms. The van der Waals surface area contributed by atoms with E-state index in [1.54, 1.807) is 23.1 Å². The normalized spacial score (nSPS) is 15.3. The molecular formula is C20H19ClF3N5O2. The summed E-state index contributed by atoms with van der Waals surface area (Å²) in [4.78, 5) is 22.9. The van der Waals surface area contributed by atoms with E-state index in [1.165, 1.54) is 12.3 Å². The van der Waals surface area contributed by atoms with E-state index in [-0.39, 0.29) is 28.7 Å². The summed E-state index contributed by atoms with van der Waals surface area (Å²) in [6.45, 7) is 0.617. The van der Waals surface area contributed by atoms with Crippen molar-refractivity contribution in [3.8, 4) is 0 Å². The first-order valence-corrected chi connectivity index (χ1v) is 10.1. The van der Waals surface area contributed by atoms with Crippen LogP contribution in [0.1, 0.15) is 28.3 Å². The molecule has 0 aromatic carbocycles. The van der Waals surface area contributed by atoms with Crippen LogP contribution < -0.4 is 0 Å². The van der Waals surface area contributed by atoms with Crippen molar-refractivity contribution in [2.45, 2.75) is 25.6 Å². The molecule has 0 aliphatic carbocycles. The van der Waals surface area contributed by atoms with Gasteiger partial charge < -0.3 is 9.64 Å². The second kappa shape index (κ2) is 8.80. The Labute approximate surface area is 180 Å². The van der Waals surface area contributed by atoms with Crippen LogP contribution >= 0.6 is 11.6 Å². The van der Waals surface area contributed by atoms with Gasteiger partial charge in [0, 0.05) is 43.4 Å². The lowest BCUT2D eigenvalue weighted by atomic mass is 10.1. The average molecular weight is 454 g/mol. The van der Waals surface area contributed by atoms with Crippen molar-refractivity contribution in [3.63, 3.8) is 0 Å². The van der Waals surface area contributed by atoms with Crippen LogP contribution in [0.5, 0.6) is 0 Å². The number of rotatable bonds is 4. The van der Waals surface area contributed by atoms with Gasteiger partial charge in [-0.25, -0.2) is 4.98 Å². The van der Waals surface area contributed by atoms with E-state index in [1.807, 2.05) is 0 Å². The van der Waals surface area contributed by atoms with Crippen molar-refractivity contribution in [1.82, 2.24) is 24.6 Å². The second-order valence-corrected chi connectivity index (χ2v) is 7.58. The molecule has 0 N–H and O–H groups in total. The highest BCUT2D eigenvalue weighted by molar-refractivity contribution is 6.29. The van der Waals surface area contributed by atoms with Gasteiger partial charge in [-0.3, -0.25) is 14.5 Å². The highest BCUT2D eigenvalue weighted by Gasteiger charge is 2.30. The van der Waals surface area contributed by atoms with Crippen molar-refractivity contribution in [2.75, 3.05) is 26.3 Å². The predicted octanol–water partition coefficient (Wildman–Crippen LogP) is 3.50. The minimum atomic E-state index is -4.47. The lowest BCUT2D eigenvalue weighted by Crippen LogP contribution is -2.33. The number of alkyl halides is 3. The number of carbonyl (C=O) groups is 1. The fourth-order valence-electron chi connectivity index (χ4n) is 3.50. The summed E-state index contributed by atoms with van der Waals surface area (Å²) in [6, 6.07) is 6.41. The van der Waals surface area contributed by atoms with Gasteiger partial charge in [0.05, 0.1) is 17.8 Å². The van der Waals surface area contributed by atoms with E-state index in [4.69, 9.17) is 16.3 Å². The van der Waals surface area contributed by atoms with Gasteiger partial charge in [0.2, 0.25) is 0 Å². The molecule has 4 rings (SSSR count). The van der Waals surface area contributed by atoms with Crippen LogP contribution in [0.3, 0.4) is 0 Å². The van der Waals surface area contributed by atoms with E-state index >= 15 is 0 Å². The molecule has 7 nitrogen and oxygen atoms in total. The van der Waals surface area contributed by atoms with Gasteiger partial charge in [0.25, 0.3) is 5.91 Å². The number of aromatic nitrogens is 4. The molecule has 0 saturated carbocycles. The van der Waals surface area contributed by atoms with Gasteiger partial charge in [0.15, 0.2) is 0 Å². The highest BCUT2D eigenvalue weighted by Crippen LogP contribution is 2.26. The number of carbonyl (C=O) groups excluding carboxylic acids is 1. The van der Waals surface area contributed by atoms with E-state index in [0.29, 0.717) is 49.5 Å². The Balaban J connectivity index is 1.72. The Morgan fingerprint density at radius 3 is 2.84 bits per heavy atom. The molecule has 3 aromatic rings. The number of ether oxygens (including phenoxy) is 1. The van der Waals surface area contributed by atoms with Crippen LogP contribution in [0.4, 0.5) is 13.2 Å². The molecule has 4 heterocycles. The summed E-state index contributed by atoms with van der Waals surface area (Å²) in [5.74, 6) is -0.342. The SMILES string of the molecule is O=C(c1cc2c(cn1)c(Cc1cccc(Cl)n1)nn2CC(F)(F)F)N1CCCOCC1. The van der Waals surface area contributed by atoms with E-state index in [2.05, 4.69) is 15.1 Å². The quantitative estimate of drug-likeness (QED) is 0.565. The summed E-state index contributed by atoms with van der Waals surface area (Å²) < 4.78 is 45.7. The highest BCUT2D eigenvalue weighted by atomic mass is 35.5. The maximum absolute atomic E-state index is 13.2. The fraction of sp³-hybridized carbons (Fsp3) is 0.400. The number of halogens is 4. The maximum Gasteiger partial charge on any atom is 0.408 e. The van der Waals surface area contributed by atoms with E-state index in [9.17, 15) is 18.0 Å². The van der Waals surface area contributed by atoms with Crippen LogP contribution in [-0.2, 0) is 17.7 Å². The van der Waals surface area contributed by atoms with Gasteiger partial charge >= 0.3 is 6.18 Å². The largest absolute Gasteiger partial charge is 0.408 e. The summed E-state index contributed by atoms with van der Waals surface area (Å²) in [6.07, 6.45) is -2.20. The Morgan fingerprint density at radius 2 is 2.06 bits per heavy atom. The molecule has 0 atom stereocenters. The number of hydrogen-bond acceptors (Lipinski definition) is 5. The summed E-state index contributed by atoms with van der Waals surface area (Å²) >= 11 is 5.91. The van der Waals surface area contributed by atoms with Crippen LogP contribution in [0, 0.1) is 0 Å². The summed E-state index contributed by atoms with van der Waals surface area (Å²) in [7, 11) is 0. The maximum atomic E-state index is 13.2. The summed E-state index contributed by atoms with van der Waals surface area (Å²) in [5.41, 5.74) is 1.21. The van der Waals surface area contributed by atoms with Crippen LogP contribution in [0.2, 0.25) is 5.15 Å². The van der Waals surface area contributed by atoms with E-state index in [0.717, 1.165) is 4.68 Å². The molecule has 0 spiro atoms. The van der Waals surface area contributed by atoms with Gasteiger partial charge in [-0.15, -0.1) is 0 Å². The third-order valence-corrected chi connectivity index (χ3v) is 5.10. The van der Waals surface area contributed by atoms with Crippen molar-refractivity contribution < 1.29 is 22.7 Å². The Bertz CT molecular complexity index is 1090. The Kier molecular flexibility index (Phi) is 6.10. The van der Waals surface area contributed by atoms with Gasteiger partial charge in [-0.1, -0.05) is 17.7 Å². The van der Waals surface area contributed by atoms with Gasteiger partial charge in [0.1, 0.15) is 17.4 Å². The smallest absolute Gasteiger partial charge is 0.380 e. The molecule has 3 aromatic heterocycles. The number of hydrogen-bond donors (Lipinski definition) is 0. The van der Waals surface area contributed by atoms with Crippen molar-refractivity contribution in [3.05, 3.63) is 52.7 Å². The zero-order chi connectivity index (χ0) is 22.0. The molecule has 31 heavy (non-hydrogen) atoms. The minimum Gasteiger partial charge on any atom is -0.380 e. The molecular weight excluding hydrogens is 435 g/mol. The van der Waals surface area contributed by atoms with Gasteiger partial charge in [-0.05, 0) is 24.6 Å². The molecule has 11 heteroatoms. The molecule has 0 unspecified atom stereocenters. The molecule has 1 aliphatic heterocycles. The van der Waals surface area contributed by atoms with Crippen LogP contribution in [0.25, 0.3) is 10.9 Å². The first-order valence-electron chi connectivity index (χ1n) is 9.71. The molecule has 0 radical (unpaired) electrons. The van der Waals surface area contributed by atoms with Crippen molar-refractivity contribution >= 4 is 28.4 Å². The van der Waals surface area contributed by atoms with Gasteiger partial charge in [-0.2, -0.15) is 18.3 Å². The average Bonchev–Trinajstić information content (AvgIpc) is 2.89. The number of nitrogens with zero attached hydrogens (tertiary/aromatic N) is 5. The number of pyridine rings is 2.